The third-order valence-electron chi connectivity index (χ3n) is 3.66. The summed E-state index contributed by atoms with van der Waals surface area (Å²) in [5.41, 5.74) is 0.0637. The molecule has 0 bridgehead atoms. The van der Waals surface area contributed by atoms with Crippen LogP contribution in [0.15, 0.2) is 24.3 Å². The normalized spacial score (nSPS) is 22.5. The molecular weight excluding hydrogens is 284 g/mol. The molecule has 6 heteroatoms. The van der Waals surface area contributed by atoms with Crippen LogP contribution in [0.25, 0.3) is 0 Å². The number of nitro benzene ring substituents is 1. The van der Waals surface area contributed by atoms with Crippen molar-refractivity contribution in [2.24, 2.45) is 0 Å². The average molecular weight is 308 g/mol. The average Bonchev–Trinajstić information content (AvgIpc) is 2.46. The number of benzene rings is 1. The zero-order valence-electron chi connectivity index (χ0n) is 13.2. The fraction of sp³-hybridized carbons (Fsp3) is 0.625. The summed E-state index contributed by atoms with van der Waals surface area (Å²) in [4.78, 5) is 12.7. The molecule has 0 spiro atoms. The van der Waals surface area contributed by atoms with E-state index in [-0.39, 0.29) is 5.69 Å². The molecule has 0 radical (unpaired) electrons. The summed E-state index contributed by atoms with van der Waals surface area (Å²) in [6.07, 6.45) is 2.58. The Balaban J connectivity index is 1.65. The fourth-order valence-corrected chi connectivity index (χ4v) is 2.78. The molecule has 0 unspecified atom stereocenters. The van der Waals surface area contributed by atoms with Crippen molar-refractivity contribution in [2.75, 3.05) is 26.2 Å². The first kappa shape index (κ1) is 16.7. The van der Waals surface area contributed by atoms with Gasteiger partial charge in [-0.3, -0.25) is 15.0 Å². The van der Waals surface area contributed by atoms with E-state index in [4.69, 9.17) is 9.47 Å². The number of hydrogen-bond acceptors (Lipinski definition) is 5. The number of rotatable bonds is 7. The SMILES string of the molecule is C[C@H]1CN(CCCCOc2cccc([N+](=O)[O-])c2)C[C@H](C)O1. The molecule has 1 heterocycles. The number of ether oxygens (including phenoxy) is 2. The third kappa shape index (κ3) is 5.27. The Morgan fingerprint density at radius 1 is 1.32 bits per heavy atom. The van der Waals surface area contributed by atoms with Crippen LogP contribution in [0.5, 0.6) is 5.75 Å². The van der Waals surface area contributed by atoms with E-state index < -0.39 is 4.92 Å². The van der Waals surface area contributed by atoms with Gasteiger partial charge in [0.05, 0.1) is 29.8 Å². The summed E-state index contributed by atoms with van der Waals surface area (Å²) in [6.45, 7) is 7.79. The van der Waals surface area contributed by atoms with Crippen LogP contribution in [0, 0.1) is 10.1 Å². The van der Waals surface area contributed by atoms with Crippen molar-refractivity contribution in [1.82, 2.24) is 4.90 Å². The molecule has 1 fully saturated rings. The first-order valence-corrected chi connectivity index (χ1v) is 7.79. The summed E-state index contributed by atoms with van der Waals surface area (Å²) < 4.78 is 11.3. The smallest absolute Gasteiger partial charge is 0.273 e. The third-order valence-corrected chi connectivity index (χ3v) is 3.66. The highest BCUT2D eigenvalue weighted by Gasteiger charge is 2.21. The zero-order valence-corrected chi connectivity index (χ0v) is 13.2. The molecule has 0 saturated carbocycles. The lowest BCUT2D eigenvalue weighted by atomic mass is 10.2. The molecule has 2 rings (SSSR count). The minimum Gasteiger partial charge on any atom is -0.493 e. The maximum absolute atomic E-state index is 10.7. The number of morpholine rings is 1. The zero-order chi connectivity index (χ0) is 15.9. The van der Waals surface area contributed by atoms with Crippen molar-refractivity contribution in [3.8, 4) is 5.75 Å². The van der Waals surface area contributed by atoms with Gasteiger partial charge in [-0.15, -0.1) is 0 Å². The fourth-order valence-electron chi connectivity index (χ4n) is 2.78. The van der Waals surface area contributed by atoms with E-state index in [1.54, 1.807) is 12.1 Å². The molecule has 1 aliphatic rings. The van der Waals surface area contributed by atoms with Gasteiger partial charge in [-0.2, -0.15) is 0 Å². The van der Waals surface area contributed by atoms with Crippen molar-refractivity contribution in [1.29, 1.82) is 0 Å². The molecule has 6 nitrogen and oxygen atoms in total. The Hall–Kier alpha value is -1.66. The number of nitro groups is 1. The van der Waals surface area contributed by atoms with Gasteiger partial charge in [0.1, 0.15) is 5.75 Å². The van der Waals surface area contributed by atoms with Gasteiger partial charge in [-0.1, -0.05) is 6.07 Å². The standard InChI is InChI=1S/C16H24N2O4/c1-13-11-17(12-14(2)22-13)8-3-4-9-21-16-7-5-6-15(10-16)18(19)20/h5-7,10,13-14H,3-4,8-9,11-12H2,1-2H3/t13-,14-/m0/s1. The molecule has 22 heavy (non-hydrogen) atoms. The first-order chi connectivity index (χ1) is 10.5. The highest BCUT2D eigenvalue weighted by atomic mass is 16.6. The van der Waals surface area contributed by atoms with Crippen LogP contribution < -0.4 is 4.74 Å². The molecule has 1 saturated heterocycles. The number of nitrogens with zero attached hydrogens (tertiary/aromatic N) is 2. The Morgan fingerprint density at radius 2 is 2.05 bits per heavy atom. The van der Waals surface area contributed by atoms with E-state index >= 15 is 0 Å². The second kappa shape index (κ2) is 8.10. The van der Waals surface area contributed by atoms with Crippen LogP contribution in [0.1, 0.15) is 26.7 Å². The first-order valence-electron chi connectivity index (χ1n) is 7.79. The number of unbranched alkanes of at least 4 members (excludes halogenated alkanes) is 1. The van der Waals surface area contributed by atoms with E-state index in [1.165, 1.54) is 12.1 Å². The van der Waals surface area contributed by atoms with Crippen molar-refractivity contribution in [2.45, 2.75) is 38.9 Å². The summed E-state index contributed by atoms with van der Waals surface area (Å²) in [6, 6.07) is 6.32. The molecule has 0 aromatic heterocycles. The molecule has 2 atom stereocenters. The maximum atomic E-state index is 10.7. The summed E-state index contributed by atoms with van der Waals surface area (Å²) in [7, 11) is 0. The van der Waals surface area contributed by atoms with Crippen molar-refractivity contribution < 1.29 is 14.4 Å². The molecule has 1 aliphatic heterocycles. The van der Waals surface area contributed by atoms with E-state index in [2.05, 4.69) is 18.7 Å². The van der Waals surface area contributed by atoms with Crippen LogP contribution >= 0.6 is 0 Å². The minimum absolute atomic E-state index is 0.0637. The lowest BCUT2D eigenvalue weighted by Gasteiger charge is -2.35. The van der Waals surface area contributed by atoms with Gasteiger partial charge in [-0.05, 0) is 39.3 Å². The van der Waals surface area contributed by atoms with Crippen LogP contribution in [-0.4, -0.2) is 48.3 Å². The van der Waals surface area contributed by atoms with Crippen LogP contribution in [0.3, 0.4) is 0 Å². The van der Waals surface area contributed by atoms with Gasteiger partial charge in [0.25, 0.3) is 5.69 Å². The van der Waals surface area contributed by atoms with Crippen molar-refractivity contribution >= 4 is 5.69 Å². The van der Waals surface area contributed by atoms with Crippen molar-refractivity contribution in [3.63, 3.8) is 0 Å². The quantitative estimate of drug-likeness (QED) is 0.440. The van der Waals surface area contributed by atoms with E-state index in [9.17, 15) is 10.1 Å². The number of hydrogen-bond donors (Lipinski definition) is 0. The van der Waals surface area contributed by atoms with Gasteiger partial charge >= 0.3 is 0 Å². The Morgan fingerprint density at radius 3 is 2.73 bits per heavy atom. The highest BCUT2D eigenvalue weighted by Crippen LogP contribution is 2.19. The molecule has 1 aromatic rings. The second-order valence-electron chi connectivity index (χ2n) is 5.83. The van der Waals surface area contributed by atoms with Gasteiger partial charge < -0.3 is 9.47 Å². The number of non-ortho nitro benzene ring substituents is 1. The lowest BCUT2D eigenvalue weighted by Crippen LogP contribution is -2.45. The predicted octanol–water partition coefficient (Wildman–Crippen LogP) is 2.86. The summed E-state index contributed by atoms with van der Waals surface area (Å²) in [5, 5.41) is 10.7. The monoisotopic (exact) mass is 308 g/mol. The van der Waals surface area contributed by atoms with Gasteiger partial charge in [0.2, 0.25) is 0 Å². The van der Waals surface area contributed by atoms with Crippen LogP contribution in [-0.2, 0) is 4.74 Å². The van der Waals surface area contributed by atoms with E-state index in [0.29, 0.717) is 24.6 Å². The largest absolute Gasteiger partial charge is 0.493 e. The maximum Gasteiger partial charge on any atom is 0.273 e. The molecular formula is C16H24N2O4. The van der Waals surface area contributed by atoms with E-state index in [1.807, 2.05) is 0 Å². The highest BCUT2D eigenvalue weighted by molar-refractivity contribution is 5.37. The molecule has 0 N–H and O–H groups in total. The van der Waals surface area contributed by atoms with Gasteiger partial charge in [0, 0.05) is 19.2 Å². The van der Waals surface area contributed by atoms with E-state index in [0.717, 1.165) is 32.5 Å². The van der Waals surface area contributed by atoms with Crippen LogP contribution in [0.2, 0.25) is 0 Å². The predicted molar refractivity (Wildman–Crippen MR) is 84.3 cm³/mol. The Labute approximate surface area is 131 Å². The molecule has 122 valence electrons. The lowest BCUT2D eigenvalue weighted by molar-refractivity contribution is -0.384. The molecule has 0 amide bonds. The topological polar surface area (TPSA) is 64.8 Å². The van der Waals surface area contributed by atoms with Gasteiger partial charge in [-0.25, -0.2) is 0 Å². The summed E-state index contributed by atoms with van der Waals surface area (Å²) in [5.74, 6) is 0.558. The van der Waals surface area contributed by atoms with Gasteiger partial charge in [0.15, 0.2) is 0 Å². The molecule has 0 aliphatic carbocycles. The van der Waals surface area contributed by atoms with Crippen LogP contribution in [0.4, 0.5) is 5.69 Å². The minimum atomic E-state index is -0.409. The second-order valence-corrected chi connectivity index (χ2v) is 5.83. The van der Waals surface area contributed by atoms with Crippen molar-refractivity contribution in [3.05, 3.63) is 34.4 Å². The summed E-state index contributed by atoms with van der Waals surface area (Å²) >= 11 is 0. The Kier molecular flexibility index (Phi) is 6.15. The molecule has 1 aromatic carbocycles. The Bertz CT molecular complexity index is 485.